The Morgan fingerprint density at radius 1 is 1.15 bits per heavy atom. The maximum atomic E-state index is 11.5. The van der Waals surface area contributed by atoms with Gasteiger partial charge in [0.2, 0.25) is 10.0 Å². The van der Waals surface area contributed by atoms with Crippen LogP contribution in [0.1, 0.15) is 23.7 Å². The van der Waals surface area contributed by atoms with Crippen molar-refractivity contribution in [3.63, 3.8) is 0 Å². The normalized spacial score (nSPS) is 15.5. The molecule has 0 spiro atoms. The monoisotopic (exact) mass is 397 g/mol. The van der Waals surface area contributed by atoms with Crippen LogP contribution in [-0.2, 0) is 15.8 Å². The van der Waals surface area contributed by atoms with Crippen LogP contribution in [0.2, 0.25) is 0 Å². The lowest BCUT2D eigenvalue weighted by Gasteiger charge is -2.30. The molecule has 1 aromatic heterocycles. The largest absolute Gasteiger partial charge is 0.485 e. The molecule has 27 heavy (non-hydrogen) atoms. The molecule has 0 aliphatic carbocycles. The van der Waals surface area contributed by atoms with Crippen molar-refractivity contribution in [1.29, 1.82) is 0 Å². The maximum absolute atomic E-state index is 11.5. The fraction of sp³-hybridized carbons (Fsp3) is 0.143. The standard InChI is InChI=1S/C21H19NO3S2/c1-2-5-18-17-12-14(13-27(22,23)24)9-10-15(17)21-16(20-8-4-11-26-20)6-3-7-19(21)25-18/h2-4,6-12,18H,1,5,13H2,(H2,22,23,24). The Labute approximate surface area is 163 Å². The third-order valence-corrected chi connectivity index (χ3v) is 6.20. The van der Waals surface area contributed by atoms with Crippen LogP contribution in [0, 0.1) is 0 Å². The zero-order valence-corrected chi connectivity index (χ0v) is 16.2. The predicted molar refractivity (Wildman–Crippen MR) is 110 cm³/mol. The molecule has 0 bridgehead atoms. The van der Waals surface area contributed by atoms with Gasteiger partial charge in [-0.3, -0.25) is 0 Å². The summed E-state index contributed by atoms with van der Waals surface area (Å²) in [7, 11) is -3.60. The predicted octanol–water partition coefficient (Wildman–Crippen LogP) is 4.88. The summed E-state index contributed by atoms with van der Waals surface area (Å²) in [5.41, 5.74) is 4.83. The van der Waals surface area contributed by atoms with E-state index in [4.69, 9.17) is 9.88 Å². The zero-order valence-electron chi connectivity index (χ0n) is 14.6. The second-order valence-electron chi connectivity index (χ2n) is 6.52. The van der Waals surface area contributed by atoms with Gasteiger partial charge >= 0.3 is 0 Å². The van der Waals surface area contributed by atoms with E-state index in [-0.39, 0.29) is 11.9 Å². The van der Waals surface area contributed by atoms with Gasteiger partial charge in [0.05, 0.1) is 5.75 Å². The summed E-state index contributed by atoms with van der Waals surface area (Å²) in [6, 6.07) is 15.9. The molecular formula is C21H19NO3S2. The third-order valence-electron chi connectivity index (χ3n) is 4.56. The van der Waals surface area contributed by atoms with E-state index in [1.165, 1.54) is 0 Å². The minimum atomic E-state index is -3.60. The van der Waals surface area contributed by atoms with Gasteiger partial charge in [-0.1, -0.05) is 42.5 Å². The molecule has 4 rings (SSSR count). The van der Waals surface area contributed by atoms with Gasteiger partial charge in [-0.25, -0.2) is 13.6 Å². The van der Waals surface area contributed by atoms with E-state index in [1.54, 1.807) is 11.3 Å². The average molecular weight is 398 g/mol. The van der Waals surface area contributed by atoms with Crippen LogP contribution < -0.4 is 9.88 Å². The average Bonchev–Trinajstić information content (AvgIpc) is 3.14. The van der Waals surface area contributed by atoms with Crippen molar-refractivity contribution in [2.75, 3.05) is 0 Å². The van der Waals surface area contributed by atoms with Gasteiger partial charge in [-0.2, -0.15) is 0 Å². The topological polar surface area (TPSA) is 69.4 Å². The maximum Gasteiger partial charge on any atom is 0.213 e. The van der Waals surface area contributed by atoms with E-state index in [1.807, 2.05) is 42.5 Å². The van der Waals surface area contributed by atoms with E-state index >= 15 is 0 Å². The van der Waals surface area contributed by atoms with Gasteiger partial charge in [-0.05, 0) is 28.6 Å². The van der Waals surface area contributed by atoms with Crippen molar-refractivity contribution in [1.82, 2.24) is 0 Å². The molecule has 2 N–H and O–H groups in total. The van der Waals surface area contributed by atoms with Crippen molar-refractivity contribution in [3.05, 3.63) is 77.7 Å². The molecular weight excluding hydrogens is 378 g/mol. The Kier molecular flexibility index (Phi) is 4.63. The van der Waals surface area contributed by atoms with E-state index in [0.717, 1.165) is 32.9 Å². The molecule has 4 nitrogen and oxygen atoms in total. The molecule has 1 aliphatic heterocycles. The second kappa shape index (κ2) is 6.96. The Morgan fingerprint density at radius 2 is 2.00 bits per heavy atom. The lowest BCUT2D eigenvalue weighted by atomic mass is 9.87. The van der Waals surface area contributed by atoms with Gasteiger partial charge < -0.3 is 4.74 Å². The molecule has 3 aromatic rings. The fourth-order valence-corrected chi connectivity index (χ4v) is 4.92. The lowest BCUT2D eigenvalue weighted by Crippen LogP contribution is -2.17. The van der Waals surface area contributed by atoms with Crippen molar-refractivity contribution < 1.29 is 13.2 Å². The molecule has 1 atom stereocenters. The van der Waals surface area contributed by atoms with Crippen LogP contribution in [0.3, 0.4) is 0 Å². The van der Waals surface area contributed by atoms with Crippen LogP contribution in [0.15, 0.2) is 66.6 Å². The Hall–Kier alpha value is -2.41. The summed E-state index contributed by atoms with van der Waals surface area (Å²) in [5, 5.41) is 7.28. The third kappa shape index (κ3) is 3.56. The molecule has 0 saturated heterocycles. The highest BCUT2D eigenvalue weighted by Crippen LogP contribution is 2.49. The number of nitrogens with two attached hydrogens (primary N) is 1. The smallest absolute Gasteiger partial charge is 0.213 e. The summed E-state index contributed by atoms with van der Waals surface area (Å²) in [6.07, 6.45) is 2.24. The fourth-order valence-electron chi connectivity index (χ4n) is 3.52. The van der Waals surface area contributed by atoms with Crippen LogP contribution in [0.25, 0.3) is 21.6 Å². The van der Waals surface area contributed by atoms with Crippen LogP contribution in [-0.4, -0.2) is 8.42 Å². The molecule has 2 heterocycles. The van der Waals surface area contributed by atoms with Crippen molar-refractivity contribution >= 4 is 21.4 Å². The minimum Gasteiger partial charge on any atom is -0.485 e. The molecule has 6 heteroatoms. The van der Waals surface area contributed by atoms with E-state index in [9.17, 15) is 8.42 Å². The molecule has 1 unspecified atom stereocenters. The summed E-state index contributed by atoms with van der Waals surface area (Å²) in [4.78, 5) is 1.16. The first-order chi connectivity index (χ1) is 13.0. The molecule has 0 radical (unpaired) electrons. The molecule has 1 aliphatic rings. The highest BCUT2D eigenvalue weighted by molar-refractivity contribution is 7.88. The number of benzene rings is 2. The van der Waals surface area contributed by atoms with Crippen LogP contribution in [0.5, 0.6) is 5.75 Å². The highest BCUT2D eigenvalue weighted by atomic mass is 32.2. The summed E-state index contributed by atoms with van der Waals surface area (Å²) < 4.78 is 29.3. The second-order valence-corrected chi connectivity index (χ2v) is 9.08. The summed E-state index contributed by atoms with van der Waals surface area (Å²) >= 11 is 1.68. The molecule has 0 amide bonds. The quantitative estimate of drug-likeness (QED) is 0.624. The van der Waals surface area contributed by atoms with Crippen LogP contribution >= 0.6 is 11.3 Å². The van der Waals surface area contributed by atoms with Gasteiger partial charge in [0.25, 0.3) is 0 Å². The van der Waals surface area contributed by atoms with Gasteiger partial charge in [0.15, 0.2) is 0 Å². The Bertz CT molecular complexity index is 1100. The van der Waals surface area contributed by atoms with E-state index in [2.05, 4.69) is 24.1 Å². The SMILES string of the molecule is C=CCC1Oc2cccc(-c3cccs3)c2-c2ccc(CS(N)(=O)=O)cc21. The molecule has 0 saturated carbocycles. The van der Waals surface area contributed by atoms with Gasteiger partial charge in [-0.15, -0.1) is 17.9 Å². The van der Waals surface area contributed by atoms with E-state index < -0.39 is 10.0 Å². The number of sulfonamides is 1. The lowest BCUT2D eigenvalue weighted by molar-refractivity contribution is 0.206. The first-order valence-corrected chi connectivity index (χ1v) is 11.1. The molecule has 0 fully saturated rings. The zero-order chi connectivity index (χ0) is 19.0. The number of hydrogen-bond acceptors (Lipinski definition) is 4. The van der Waals surface area contributed by atoms with E-state index in [0.29, 0.717) is 12.0 Å². The van der Waals surface area contributed by atoms with Gasteiger partial charge in [0, 0.05) is 28.0 Å². The number of ether oxygens (including phenoxy) is 1. The van der Waals surface area contributed by atoms with Crippen LogP contribution in [0.4, 0.5) is 0 Å². The molecule has 2 aromatic carbocycles. The van der Waals surface area contributed by atoms with Crippen molar-refractivity contribution in [2.24, 2.45) is 5.14 Å². The number of fused-ring (bicyclic) bond motifs is 3. The Morgan fingerprint density at radius 3 is 2.70 bits per heavy atom. The highest BCUT2D eigenvalue weighted by Gasteiger charge is 2.28. The summed E-state index contributed by atoms with van der Waals surface area (Å²) in [5.74, 6) is 0.639. The Balaban J connectivity index is 1.91. The number of hydrogen-bond donors (Lipinski definition) is 1. The first-order valence-electron chi connectivity index (χ1n) is 8.54. The minimum absolute atomic E-state index is 0.194. The molecule has 138 valence electrons. The van der Waals surface area contributed by atoms with Crippen molar-refractivity contribution in [2.45, 2.75) is 18.3 Å². The number of rotatable bonds is 5. The summed E-state index contributed by atoms with van der Waals surface area (Å²) in [6.45, 7) is 3.83. The van der Waals surface area contributed by atoms with Crippen molar-refractivity contribution in [3.8, 4) is 27.3 Å². The first kappa shape index (κ1) is 18.0. The van der Waals surface area contributed by atoms with Gasteiger partial charge in [0.1, 0.15) is 11.9 Å². The number of thiophene rings is 1. The number of primary sulfonamides is 1.